The van der Waals surface area contributed by atoms with Gasteiger partial charge in [0.15, 0.2) is 0 Å². The van der Waals surface area contributed by atoms with Crippen molar-refractivity contribution in [1.29, 1.82) is 0 Å². The van der Waals surface area contributed by atoms with E-state index in [2.05, 4.69) is 10.9 Å². The van der Waals surface area contributed by atoms with Gasteiger partial charge in [0, 0.05) is 24.6 Å². The van der Waals surface area contributed by atoms with Crippen LogP contribution in [-0.4, -0.2) is 43.9 Å². The smallest absolute Gasteiger partial charge is 0.269 e. The molecule has 2 aromatic carbocycles. The van der Waals surface area contributed by atoms with Crippen LogP contribution in [0.15, 0.2) is 64.4 Å². The molecule has 0 unspecified atom stereocenters. The van der Waals surface area contributed by atoms with Crippen LogP contribution in [0, 0.1) is 0 Å². The summed E-state index contributed by atoms with van der Waals surface area (Å²) in [5.41, 5.74) is 4.80. The molecule has 0 heterocycles. The molecule has 0 saturated carbocycles. The Morgan fingerprint density at radius 3 is 2.30 bits per heavy atom. The second-order valence-electron chi connectivity index (χ2n) is 5.83. The van der Waals surface area contributed by atoms with Gasteiger partial charge in [0.05, 0.1) is 10.1 Å². The number of rotatable bonds is 6. The lowest BCUT2D eigenvalue weighted by atomic mass is 10.2. The molecule has 0 spiro atoms. The molecule has 0 aliphatic rings. The third-order valence-electron chi connectivity index (χ3n) is 3.60. The van der Waals surface area contributed by atoms with Gasteiger partial charge >= 0.3 is 0 Å². The van der Waals surface area contributed by atoms with Gasteiger partial charge in [-0.3, -0.25) is 20.4 Å². The molecule has 0 aliphatic carbocycles. The summed E-state index contributed by atoms with van der Waals surface area (Å²) in [6.45, 7) is 1.73. The third kappa shape index (κ3) is 5.56. The van der Waals surface area contributed by atoms with Gasteiger partial charge in [-0.15, -0.1) is 11.8 Å². The molecule has 2 rings (SSSR count). The highest BCUT2D eigenvalue weighted by Gasteiger charge is 2.19. The number of carbonyl (C=O) groups excluding carboxylic acids is 2. The Hall–Kier alpha value is -2.36. The van der Waals surface area contributed by atoms with E-state index in [0.717, 1.165) is 9.20 Å². The normalized spacial score (nSPS) is 12.4. The van der Waals surface area contributed by atoms with E-state index >= 15 is 0 Å². The van der Waals surface area contributed by atoms with Gasteiger partial charge in [-0.05, 0) is 37.3 Å². The minimum absolute atomic E-state index is 0.000484. The Morgan fingerprint density at radius 1 is 1.00 bits per heavy atom. The van der Waals surface area contributed by atoms with Crippen LogP contribution in [0.25, 0.3) is 0 Å². The molecule has 1 atom stereocenters. The highest BCUT2D eigenvalue weighted by molar-refractivity contribution is 8.00. The highest BCUT2D eigenvalue weighted by atomic mass is 32.2. The summed E-state index contributed by atoms with van der Waals surface area (Å²) in [5.74, 6) is -0.967. The Morgan fingerprint density at radius 2 is 1.67 bits per heavy atom. The second-order valence-corrected chi connectivity index (χ2v) is 9.40. The van der Waals surface area contributed by atoms with E-state index in [9.17, 15) is 18.0 Å². The van der Waals surface area contributed by atoms with Gasteiger partial charge < -0.3 is 0 Å². The van der Waals surface area contributed by atoms with Crippen LogP contribution in [0.2, 0.25) is 0 Å². The van der Waals surface area contributed by atoms with Crippen molar-refractivity contribution in [3.63, 3.8) is 0 Å². The summed E-state index contributed by atoms with van der Waals surface area (Å²) in [6, 6.07) is 15.0. The minimum Gasteiger partial charge on any atom is -0.272 e. The molecule has 27 heavy (non-hydrogen) atoms. The van der Waals surface area contributed by atoms with Gasteiger partial charge in [-0.25, -0.2) is 12.7 Å². The first-order valence-corrected chi connectivity index (χ1v) is 10.4. The fourth-order valence-corrected chi connectivity index (χ4v) is 3.89. The largest absolute Gasteiger partial charge is 0.272 e. The molecule has 0 aliphatic heterocycles. The quantitative estimate of drug-likeness (QED) is 0.563. The first-order chi connectivity index (χ1) is 12.7. The van der Waals surface area contributed by atoms with Crippen LogP contribution in [0.3, 0.4) is 0 Å². The molecule has 2 N–H and O–H groups in total. The number of sulfonamides is 1. The number of thioether (sulfide) groups is 1. The maximum absolute atomic E-state index is 12.2. The predicted octanol–water partition coefficient (Wildman–Crippen LogP) is 1.88. The van der Waals surface area contributed by atoms with E-state index in [1.54, 1.807) is 6.92 Å². The zero-order valence-electron chi connectivity index (χ0n) is 15.2. The molecular formula is C18H21N3O4S2. The van der Waals surface area contributed by atoms with Crippen molar-refractivity contribution in [1.82, 2.24) is 15.2 Å². The average Bonchev–Trinajstić information content (AvgIpc) is 2.66. The summed E-state index contributed by atoms with van der Waals surface area (Å²) in [7, 11) is -0.828. The van der Waals surface area contributed by atoms with Crippen molar-refractivity contribution < 1.29 is 18.0 Å². The first-order valence-electron chi connectivity index (χ1n) is 8.06. The molecule has 0 aromatic heterocycles. The van der Waals surface area contributed by atoms with E-state index in [1.165, 1.54) is 50.1 Å². The molecule has 0 fully saturated rings. The molecule has 0 saturated heterocycles. The summed E-state index contributed by atoms with van der Waals surface area (Å²) in [5, 5.41) is -0.423. The molecule has 2 aromatic rings. The molecule has 144 valence electrons. The van der Waals surface area contributed by atoms with Crippen LogP contribution >= 0.6 is 11.8 Å². The lowest BCUT2D eigenvalue weighted by Gasteiger charge is -2.14. The monoisotopic (exact) mass is 407 g/mol. The molecular weight excluding hydrogens is 386 g/mol. The lowest BCUT2D eigenvalue weighted by Crippen LogP contribution is -2.44. The first kappa shape index (κ1) is 20.9. The summed E-state index contributed by atoms with van der Waals surface area (Å²) >= 11 is 1.36. The molecule has 0 radical (unpaired) electrons. The third-order valence-corrected chi connectivity index (χ3v) is 6.52. The highest BCUT2D eigenvalue weighted by Crippen LogP contribution is 2.22. The van der Waals surface area contributed by atoms with Crippen LogP contribution in [0.5, 0.6) is 0 Å². The minimum atomic E-state index is -3.65. The lowest BCUT2D eigenvalue weighted by molar-refractivity contribution is -0.121. The topological polar surface area (TPSA) is 95.6 Å². The van der Waals surface area contributed by atoms with Crippen LogP contribution in [0.4, 0.5) is 0 Å². The average molecular weight is 408 g/mol. The standard InChI is InChI=1S/C18H21N3O4S2/c1-13(26-15-9-5-4-6-10-15)17(22)19-20-18(23)14-8-7-11-16(12-14)27(24,25)21(2)3/h4-13H,1-3H3,(H,19,22)(H,20,23)/t13-/m1/s1. The Bertz CT molecular complexity index is 915. The summed E-state index contributed by atoms with van der Waals surface area (Å²) in [4.78, 5) is 25.3. The zero-order valence-corrected chi connectivity index (χ0v) is 16.8. The van der Waals surface area contributed by atoms with E-state index in [4.69, 9.17) is 0 Å². The Labute approximate surface area is 163 Å². The molecule has 9 heteroatoms. The fraction of sp³-hybridized carbons (Fsp3) is 0.222. The Balaban J connectivity index is 1.98. The van der Waals surface area contributed by atoms with E-state index in [-0.39, 0.29) is 16.4 Å². The van der Waals surface area contributed by atoms with Crippen LogP contribution in [0.1, 0.15) is 17.3 Å². The number of hydrogen-bond acceptors (Lipinski definition) is 5. The SMILES string of the molecule is C[C@@H](Sc1ccccc1)C(=O)NNC(=O)c1cccc(S(=O)(=O)N(C)C)c1. The number of hydrogen-bond donors (Lipinski definition) is 2. The second kappa shape index (κ2) is 9.03. The summed E-state index contributed by atoms with van der Waals surface area (Å²) in [6.07, 6.45) is 0. The van der Waals surface area contributed by atoms with Gasteiger partial charge in [0.25, 0.3) is 11.8 Å². The molecule has 2 amide bonds. The molecule has 0 bridgehead atoms. The van der Waals surface area contributed by atoms with Crippen molar-refractivity contribution >= 4 is 33.6 Å². The van der Waals surface area contributed by atoms with Gasteiger partial charge in [-0.1, -0.05) is 24.3 Å². The van der Waals surface area contributed by atoms with Crippen molar-refractivity contribution in [3.05, 3.63) is 60.2 Å². The number of amides is 2. The van der Waals surface area contributed by atoms with Crippen molar-refractivity contribution in [2.45, 2.75) is 22.0 Å². The van der Waals surface area contributed by atoms with Gasteiger partial charge in [0.2, 0.25) is 10.0 Å². The zero-order chi connectivity index (χ0) is 20.0. The van der Waals surface area contributed by atoms with Crippen molar-refractivity contribution in [2.24, 2.45) is 0 Å². The Kier molecular flexibility index (Phi) is 7.00. The van der Waals surface area contributed by atoms with Crippen LogP contribution in [-0.2, 0) is 14.8 Å². The number of nitrogens with one attached hydrogen (secondary N) is 2. The number of hydrazine groups is 1. The van der Waals surface area contributed by atoms with E-state index in [0.29, 0.717) is 0 Å². The summed E-state index contributed by atoms with van der Waals surface area (Å²) < 4.78 is 25.4. The number of benzene rings is 2. The van der Waals surface area contributed by atoms with Gasteiger partial charge in [-0.2, -0.15) is 0 Å². The van der Waals surface area contributed by atoms with Gasteiger partial charge in [0.1, 0.15) is 0 Å². The van der Waals surface area contributed by atoms with Crippen molar-refractivity contribution in [2.75, 3.05) is 14.1 Å². The maximum atomic E-state index is 12.2. The number of nitrogens with zero attached hydrogens (tertiary/aromatic N) is 1. The number of carbonyl (C=O) groups is 2. The van der Waals surface area contributed by atoms with E-state index < -0.39 is 21.2 Å². The fourth-order valence-electron chi connectivity index (χ4n) is 2.06. The maximum Gasteiger partial charge on any atom is 0.269 e. The van der Waals surface area contributed by atoms with Crippen LogP contribution < -0.4 is 10.9 Å². The van der Waals surface area contributed by atoms with Crippen molar-refractivity contribution in [3.8, 4) is 0 Å². The predicted molar refractivity (Wildman–Crippen MR) is 105 cm³/mol. The molecule has 7 nitrogen and oxygen atoms in total. The van der Waals surface area contributed by atoms with E-state index in [1.807, 2.05) is 30.3 Å².